The lowest BCUT2D eigenvalue weighted by Gasteiger charge is -2.20. The molecule has 0 saturated carbocycles. The fraction of sp³-hybridized carbons (Fsp3) is 0.412. The highest BCUT2D eigenvalue weighted by molar-refractivity contribution is 6.02. The SMILES string of the molecule is Cc1cc(C)n(CCCN(C)C(=O)c2cnc3c(c2)NC(=O)CN3)n1. The first kappa shape index (κ1) is 16.9. The smallest absolute Gasteiger partial charge is 0.255 e. The van der Waals surface area contributed by atoms with E-state index in [2.05, 4.69) is 20.7 Å². The summed E-state index contributed by atoms with van der Waals surface area (Å²) < 4.78 is 1.95. The van der Waals surface area contributed by atoms with Crippen LogP contribution in [0.15, 0.2) is 18.3 Å². The van der Waals surface area contributed by atoms with E-state index in [1.54, 1.807) is 18.0 Å². The van der Waals surface area contributed by atoms with E-state index in [1.807, 2.05) is 24.6 Å². The molecule has 0 saturated heterocycles. The van der Waals surface area contributed by atoms with Crippen LogP contribution in [0.3, 0.4) is 0 Å². The summed E-state index contributed by atoms with van der Waals surface area (Å²) in [6.07, 6.45) is 2.34. The van der Waals surface area contributed by atoms with Crippen molar-refractivity contribution in [1.29, 1.82) is 0 Å². The topological polar surface area (TPSA) is 92.2 Å². The van der Waals surface area contributed by atoms with Crippen LogP contribution in [-0.4, -0.2) is 51.6 Å². The van der Waals surface area contributed by atoms with Crippen molar-refractivity contribution in [2.75, 3.05) is 30.8 Å². The number of rotatable bonds is 5. The maximum atomic E-state index is 12.6. The number of nitrogens with one attached hydrogen (secondary N) is 2. The van der Waals surface area contributed by atoms with Crippen molar-refractivity contribution in [1.82, 2.24) is 19.7 Å². The van der Waals surface area contributed by atoms with E-state index in [4.69, 9.17) is 0 Å². The average Bonchev–Trinajstić information content (AvgIpc) is 2.90. The van der Waals surface area contributed by atoms with Crippen molar-refractivity contribution in [2.24, 2.45) is 0 Å². The second-order valence-corrected chi connectivity index (χ2v) is 6.25. The Labute approximate surface area is 146 Å². The number of anilines is 2. The van der Waals surface area contributed by atoms with Gasteiger partial charge in [0.25, 0.3) is 5.91 Å². The summed E-state index contributed by atoms with van der Waals surface area (Å²) in [7, 11) is 1.76. The van der Waals surface area contributed by atoms with Crippen molar-refractivity contribution in [3.05, 3.63) is 35.3 Å². The van der Waals surface area contributed by atoms with Crippen molar-refractivity contribution in [2.45, 2.75) is 26.8 Å². The van der Waals surface area contributed by atoms with E-state index in [-0.39, 0.29) is 18.4 Å². The predicted octanol–water partition coefficient (Wildman–Crippen LogP) is 1.42. The molecule has 2 N–H and O–H groups in total. The quantitative estimate of drug-likeness (QED) is 0.857. The Morgan fingerprint density at radius 2 is 2.16 bits per heavy atom. The zero-order chi connectivity index (χ0) is 18.0. The van der Waals surface area contributed by atoms with Crippen molar-refractivity contribution in [3.63, 3.8) is 0 Å². The van der Waals surface area contributed by atoms with E-state index in [1.165, 1.54) is 6.20 Å². The average molecular weight is 342 g/mol. The minimum absolute atomic E-state index is 0.122. The summed E-state index contributed by atoms with van der Waals surface area (Å²) in [5.74, 6) is 0.323. The van der Waals surface area contributed by atoms with Gasteiger partial charge in [-0.1, -0.05) is 0 Å². The van der Waals surface area contributed by atoms with Gasteiger partial charge >= 0.3 is 0 Å². The molecule has 3 heterocycles. The molecule has 3 rings (SSSR count). The maximum absolute atomic E-state index is 12.6. The Hall–Kier alpha value is -2.90. The molecule has 132 valence electrons. The second kappa shape index (κ2) is 6.92. The van der Waals surface area contributed by atoms with Crippen LogP contribution in [0.1, 0.15) is 28.2 Å². The summed E-state index contributed by atoms with van der Waals surface area (Å²) >= 11 is 0. The lowest BCUT2D eigenvalue weighted by molar-refractivity contribution is -0.114. The van der Waals surface area contributed by atoms with Gasteiger partial charge in [0.05, 0.1) is 23.5 Å². The molecule has 0 unspecified atom stereocenters. The highest BCUT2D eigenvalue weighted by Gasteiger charge is 2.19. The lowest BCUT2D eigenvalue weighted by atomic mass is 10.2. The van der Waals surface area contributed by atoms with Crippen molar-refractivity contribution in [3.8, 4) is 0 Å². The molecule has 0 fully saturated rings. The van der Waals surface area contributed by atoms with Gasteiger partial charge in [-0.15, -0.1) is 0 Å². The fourth-order valence-electron chi connectivity index (χ4n) is 2.86. The Morgan fingerprint density at radius 3 is 2.88 bits per heavy atom. The summed E-state index contributed by atoms with van der Waals surface area (Å²) in [5.41, 5.74) is 3.11. The third-order valence-corrected chi connectivity index (χ3v) is 4.14. The number of aromatic nitrogens is 3. The Bertz CT molecular complexity index is 813. The zero-order valence-electron chi connectivity index (χ0n) is 14.7. The molecule has 2 aromatic rings. The molecule has 0 radical (unpaired) electrons. The first-order chi connectivity index (χ1) is 11.9. The molecule has 0 bridgehead atoms. The summed E-state index contributed by atoms with van der Waals surface area (Å²) in [6.45, 7) is 5.56. The van der Waals surface area contributed by atoms with Gasteiger partial charge in [-0.3, -0.25) is 14.3 Å². The molecular formula is C17H22N6O2. The van der Waals surface area contributed by atoms with Crippen LogP contribution < -0.4 is 10.6 Å². The highest BCUT2D eigenvalue weighted by Crippen LogP contribution is 2.23. The monoisotopic (exact) mass is 342 g/mol. The summed E-state index contributed by atoms with van der Waals surface area (Å²) in [5, 5.41) is 10.1. The molecule has 8 nitrogen and oxygen atoms in total. The van der Waals surface area contributed by atoms with Crippen LogP contribution in [0.25, 0.3) is 0 Å². The van der Waals surface area contributed by atoms with Gasteiger partial charge in [-0.2, -0.15) is 5.10 Å². The van der Waals surface area contributed by atoms with E-state index in [0.717, 1.165) is 24.4 Å². The zero-order valence-corrected chi connectivity index (χ0v) is 14.7. The van der Waals surface area contributed by atoms with Gasteiger partial charge in [-0.05, 0) is 32.4 Å². The van der Waals surface area contributed by atoms with Crippen LogP contribution in [-0.2, 0) is 11.3 Å². The summed E-state index contributed by atoms with van der Waals surface area (Å²) in [6, 6.07) is 3.70. The molecule has 0 aliphatic carbocycles. The van der Waals surface area contributed by atoms with E-state index in [0.29, 0.717) is 23.6 Å². The molecule has 2 aromatic heterocycles. The minimum atomic E-state index is -0.142. The fourth-order valence-corrected chi connectivity index (χ4v) is 2.86. The van der Waals surface area contributed by atoms with Crippen molar-refractivity contribution < 1.29 is 9.59 Å². The maximum Gasteiger partial charge on any atom is 0.255 e. The van der Waals surface area contributed by atoms with Crippen LogP contribution in [0.5, 0.6) is 0 Å². The highest BCUT2D eigenvalue weighted by atomic mass is 16.2. The Morgan fingerprint density at radius 1 is 1.36 bits per heavy atom. The largest absolute Gasteiger partial charge is 0.359 e. The Balaban J connectivity index is 1.59. The van der Waals surface area contributed by atoms with Crippen molar-refractivity contribution >= 4 is 23.3 Å². The molecule has 8 heteroatoms. The van der Waals surface area contributed by atoms with Gasteiger partial charge in [0.1, 0.15) is 5.82 Å². The molecule has 0 spiro atoms. The van der Waals surface area contributed by atoms with Crippen LogP contribution >= 0.6 is 0 Å². The van der Waals surface area contributed by atoms with Gasteiger partial charge in [0.2, 0.25) is 5.91 Å². The molecule has 1 aliphatic heterocycles. The van der Waals surface area contributed by atoms with E-state index in [9.17, 15) is 9.59 Å². The van der Waals surface area contributed by atoms with Crippen LogP contribution in [0, 0.1) is 13.8 Å². The third-order valence-electron chi connectivity index (χ3n) is 4.14. The predicted molar refractivity (Wildman–Crippen MR) is 94.6 cm³/mol. The number of fused-ring (bicyclic) bond motifs is 1. The third kappa shape index (κ3) is 3.78. The van der Waals surface area contributed by atoms with Gasteiger partial charge in [0, 0.05) is 32.0 Å². The van der Waals surface area contributed by atoms with E-state index < -0.39 is 0 Å². The number of hydrogen-bond acceptors (Lipinski definition) is 5. The van der Waals surface area contributed by atoms with Gasteiger partial charge in [-0.25, -0.2) is 4.98 Å². The minimum Gasteiger partial charge on any atom is -0.359 e. The van der Waals surface area contributed by atoms with E-state index >= 15 is 0 Å². The second-order valence-electron chi connectivity index (χ2n) is 6.25. The molecule has 25 heavy (non-hydrogen) atoms. The number of pyridine rings is 1. The number of hydrogen-bond donors (Lipinski definition) is 2. The summed E-state index contributed by atoms with van der Waals surface area (Å²) in [4.78, 5) is 29.9. The standard InChI is InChI=1S/C17H22N6O2/c1-11-7-12(2)23(21-11)6-4-5-22(3)17(25)13-8-14-16(18-9-13)19-10-15(24)20-14/h7-9H,4-6,10H2,1-3H3,(H,18,19)(H,20,24). The Kier molecular flexibility index (Phi) is 4.69. The first-order valence-electron chi connectivity index (χ1n) is 8.24. The molecular weight excluding hydrogens is 320 g/mol. The van der Waals surface area contributed by atoms with Crippen LogP contribution in [0.4, 0.5) is 11.5 Å². The number of amides is 2. The number of carbonyl (C=O) groups excluding carboxylic acids is 2. The molecule has 0 aromatic carbocycles. The van der Waals surface area contributed by atoms with Gasteiger partial charge in [0.15, 0.2) is 0 Å². The number of nitrogens with zero attached hydrogens (tertiary/aromatic N) is 4. The molecule has 0 atom stereocenters. The number of aryl methyl sites for hydroxylation is 3. The normalized spacial score (nSPS) is 13.0. The molecule has 1 aliphatic rings. The first-order valence-corrected chi connectivity index (χ1v) is 8.24. The van der Waals surface area contributed by atoms with Gasteiger partial charge < -0.3 is 15.5 Å². The molecule has 2 amide bonds. The van der Waals surface area contributed by atoms with Crippen LogP contribution in [0.2, 0.25) is 0 Å². The lowest BCUT2D eigenvalue weighted by Crippen LogP contribution is -2.30. The number of carbonyl (C=O) groups is 2.